The first kappa shape index (κ1) is 26.7. The molecule has 0 radical (unpaired) electrons. The van der Waals surface area contributed by atoms with Crippen molar-refractivity contribution >= 4 is 41.5 Å². The highest BCUT2D eigenvalue weighted by atomic mass is 127. The van der Waals surface area contributed by atoms with Crippen LogP contribution in [0.5, 0.6) is 5.75 Å². The second-order valence-electron chi connectivity index (χ2n) is 6.60. The number of hydrogen-bond acceptors (Lipinski definition) is 4. The van der Waals surface area contributed by atoms with Gasteiger partial charge in [0.1, 0.15) is 5.75 Å². The second-order valence-corrected chi connectivity index (χ2v) is 6.60. The highest BCUT2D eigenvalue weighted by molar-refractivity contribution is 14.0. The molecule has 7 nitrogen and oxygen atoms in total. The molecule has 0 heterocycles. The largest absolute Gasteiger partial charge is 0.493 e. The lowest BCUT2D eigenvalue weighted by atomic mass is 10.1. The van der Waals surface area contributed by atoms with Crippen molar-refractivity contribution in [1.29, 1.82) is 0 Å². The van der Waals surface area contributed by atoms with Crippen molar-refractivity contribution in [1.82, 2.24) is 10.6 Å². The van der Waals surface area contributed by atoms with Crippen molar-refractivity contribution < 1.29 is 14.3 Å². The maximum atomic E-state index is 12.0. The Morgan fingerprint density at radius 2 is 1.77 bits per heavy atom. The van der Waals surface area contributed by atoms with E-state index in [1.807, 2.05) is 56.3 Å². The first-order valence-corrected chi connectivity index (χ1v) is 10.3. The van der Waals surface area contributed by atoms with Crippen molar-refractivity contribution in [3.63, 3.8) is 0 Å². The minimum atomic E-state index is -0.0734. The first-order valence-electron chi connectivity index (χ1n) is 10.3. The smallest absolute Gasteiger partial charge is 0.251 e. The zero-order chi connectivity index (χ0) is 21.6. The number of rotatable bonds is 11. The lowest BCUT2D eigenvalue weighted by Crippen LogP contribution is -2.30. The summed E-state index contributed by atoms with van der Waals surface area (Å²) >= 11 is 0. The van der Waals surface area contributed by atoms with Crippen molar-refractivity contribution in [3.8, 4) is 5.75 Å². The van der Waals surface area contributed by atoms with E-state index in [9.17, 15) is 4.79 Å². The SMILES string of the molecule is CCNC(=O)c1cccc(CN=C(NCC)Nc2cccc(OCCCOC)c2)c1.I. The van der Waals surface area contributed by atoms with Crippen LogP contribution in [0.3, 0.4) is 0 Å². The van der Waals surface area contributed by atoms with Gasteiger partial charge in [0.05, 0.1) is 13.2 Å². The standard InChI is InChI=1S/C23H32N4O3.HI/c1-4-24-22(28)19-10-6-9-18(15-19)17-26-23(25-5-2)27-20-11-7-12-21(16-20)30-14-8-13-29-3;/h6-7,9-12,15-16H,4-5,8,13-14,17H2,1-3H3,(H,24,28)(H2,25,26,27);1H. The third kappa shape index (κ3) is 10.0. The molecule has 0 fully saturated rings. The first-order chi connectivity index (χ1) is 14.7. The zero-order valence-electron chi connectivity index (χ0n) is 18.4. The number of aliphatic imine (C=N–C) groups is 1. The van der Waals surface area contributed by atoms with Gasteiger partial charge in [-0.3, -0.25) is 4.79 Å². The maximum absolute atomic E-state index is 12.0. The molecule has 0 spiro atoms. The Morgan fingerprint density at radius 1 is 1.00 bits per heavy atom. The summed E-state index contributed by atoms with van der Waals surface area (Å²) in [5.74, 6) is 1.38. The Labute approximate surface area is 202 Å². The van der Waals surface area contributed by atoms with Crippen LogP contribution in [0.15, 0.2) is 53.5 Å². The van der Waals surface area contributed by atoms with E-state index >= 15 is 0 Å². The summed E-state index contributed by atoms with van der Waals surface area (Å²) in [5.41, 5.74) is 2.49. The van der Waals surface area contributed by atoms with Gasteiger partial charge in [-0.2, -0.15) is 0 Å². The molecule has 0 atom stereocenters. The molecule has 0 aromatic heterocycles. The number of hydrogen-bond donors (Lipinski definition) is 3. The van der Waals surface area contributed by atoms with Gasteiger partial charge in [-0.1, -0.05) is 18.2 Å². The van der Waals surface area contributed by atoms with E-state index in [0.29, 0.717) is 37.8 Å². The molecular formula is C23H33IN4O3. The fourth-order valence-electron chi connectivity index (χ4n) is 2.74. The van der Waals surface area contributed by atoms with E-state index in [1.165, 1.54) is 0 Å². The molecule has 0 aliphatic rings. The number of ether oxygens (including phenoxy) is 2. The number of amides is 1. The van der Waals surface area contributed by atoms with Crippen LogP contribution in [0.4, 0.5) is 5.69 Å². The molecule has 31 heavy (non-hydrogen) atoms. The summed E-state index contributed by atoms with van der Waals surface area (Å²) in [5, 5.41) is 9.36. The zero-order valence-corrected chi connectivity index (χ0v) is 20.8. The van der Waals surface area contributed by atoms with E-state index in [0.717, 1.165) is 30.0 Å². The van der Waals surface area contributed by atoms with E-state index in [-0.39, 0.29) is 29.9 Å². The lowest BCUT2D eigenvalue weighted by molar-refractivity contribution is 0.0955. The molecule has 2 rings (SSSR count). The van der Waals surface area contributed by atoms with Crippen molar-refractivity contribution in [2.24, 2.45) is 4.99 Å². The average molecular weight is 540 g/mol. The Hall–Kier alpha value is -2.33. The molecule has 2 aromatic rings. The number of nitrogens with zero attached hydrogens (tertiary/aromatic N) is 1. The summed E-state index contributed by atoms with van der Waals surface area (Å²) in [7, 11) is 1.68. The van der Waals surface area contributed by atoms with Gasteiger partial charge in [0, 0.05) is 50.5 Å². The van der Waals surface area contributed by atoms with Crippen molar-refractivity contribution in [2.45, 2.75) is 26.8 Å². The highest BCUT2D eigenvalue weighted by Gasteiger charge is 2.05. The molecular weight excluding hydrogens is 507 g/mol. The number of carbonyl (C=O) groups excluding carboxylic acids is 1. The van der Waals surface area contributed by atoms with Gasteiger partial charge >= 0.3 is 0 Å². The summed E-state index contributed by atoms with van der Waals surface area (Å²) in [6.07, 6.45) is 0.841. The van der Waals surface area contributed by atoms with E-state index in [4.69, 9.17) is 9.47 Å². The molecule has 0 saturated heterocycles. The molecule has 2 aromatic carbocycles. The van der Waals surface area contributed by atoms with Crippen LogP contribution in [0.1, 0.15) is 36.2 Å². The Morgan fingerprint density at radius 3 is 2.52 bits per heavy atom. The van der Waals surface area contributed by atoms with E-state index in [1.54, 1.807) is 13.2 Å². The molecule has 8 heteroatoms. The number of guanidine groups is 1. The van der Waals surface area contributed by atoms with Crippen LogP contribution in [0, 0.1) is 0 Å². The fourth-order valence-corrected chi connectivity index (χ4v) is 2.74. The second kappa shape index (κ2) is 15.5. The van der Waals surface area contributed by atoms with Crippen molar-refractivity contribution in [3.05, 3.63) is 59.7 Å². The van der Waals surface area contributed by atoms with Crippen LogP contribution in [0.25, 0.3) is 0 Å². The third-order valence-corrected chi connectivity index (χ3v) is 4.15. The summed E-state index contributed by atoms with van der Waals surface area (Å²) in [4.78, 5) is 16.7. The monoisotopic (exact) mass is 540 g/mol. The van der Waals surface area contributed by atoms with Crippen LogP contribution in [0.2, 0.25) is 0 Å². The van der Waals surface area contributed by atoms with Gasteiger partial charge in [-0.25, -0.2) is 4.99 Å². The number of carbonyl (C=O) groups is 1. The molecule has 0 saturated carbocycles. The number of halogens is 1. The number of nitrogens with one attached hydrogen (secondary N) is 3. The normalized spacial score (nSPS) is 10.7. The summed E-state index contributed by atoms with van der Waals surface area (Å²) in [6, 6.07) is 15.3. The van der Waals surface area contributed by atoms with Gasteiger partial charge in [-0.05, 0) is 43.7 Å². The molecule has 0 bridgehead atoms. The number of benzene rings is 2. The van der Waals surface area contributed by atoms with Crippen LogP contribution in [-0.4, -0.2) is 45.3 Å². The van der Waals surface area contributed by atoms with Gasteiger partial charge in [0.25, 0.3) is 5.91 Å². The quantitative estimate of drug-likeness (QED) is 0.174. The minimum Gasteiger partial charge on any atom is -0.493 e. The molecule has 1 amide bonds. The van der Waals surface area contributed by atoms with Crippen LogP contribution >= 0.6 is 24.0 Å². The predicted molar refractivity (Wildman–Crippen MR) is 137 cm³/mol. The van der Waals surface area contributed by atoms with Gasteiger partial charge in [-0.15, -0.1) is 24.0 Å². The Bertz CT molecular complexity index is 830. The van der Waals surface area contributed by atoms with Crippen molar-refractivity contribution in [2.75, 3.05) is 38.7 Å². The lowest BCUT2D eigenvalue weighted by Gasteiger charge is -2.13. The number of anilines is 1. The van der Waals surface area contributed by atoms with E-state index < -0.39 is 0 Å². The minimum absolute atomic E-state index is 0. The molecule has 3 N–H and O–H groups in total. The molecule has 0 aliphatic heterocycles. The molecule has 0 aliphatic carbocycles. The van der Waals surface area contributed by atoms with E-state index in [2.05, 4.69) is 20.9 Å². The van der Waals surface area contributed by atoms with Crippen LogP contribution < -0.4 is 20.7 Å². The maximum Gasteiger partial charge on any atom is 0.251 e. The third-order valence-electron chi connectivity index (χ3n) is 4.15. The van der Waals surface area contributed by atoms with Gasteiger partial charge in [0.2, 0.25) is 0 Å². The summed E-state index contributed by atoms with van der Waals surface area (Å²) in [6.45, 7) is 6.99. The highest BCUT2D eigenvalue weighted by Crippen LogP contribution is 2.17. The molecule has 0 unspecified atom stereocenters. The Balaban J connectivity index is 0.00000480. The molecule has 170 valence electrons. The predicted octanol–water partition coefficient (Wildman–Crippen LogP) is 4.05. The van der Waals surface area contributed by atoms with Crippen LogP contribution in [-0.2, 0) is 11.3 Å². The van der Waals surface area contributed by atoms with Gasteiger partial charge < -0.3 is 25.4 Å². The average Bonchev–Trinajstić information content (AvgIpc) is 2.76. The topological polar surface area (TPSA) is 84.0 Å². The fraction of sp³-hybridized carbons (Fsp3) is 0.391. The van der Waals surface area contributed by atoms with Gasteiger partial charge in [0.15, 0.2) is 5.96 Å². The summed E-state index contributed by atoms with van der Waals surface area (Å²) < 4.78 is 10.8. The Kier molecular flexibility index (Phi) is 13.3. The number of methoxy groups -OCH3 is 1.